The Labute approximate surface area is 127 Å². The number of nitrogens with zero attached hydrogens (tertiary/aromatic N) is 1. The monoisotopic (exact) mass is 286 g/mol. The molecular formula is C18H26N2O. The van der Waals surface area contributed by atoms with Crippen LogP contribution in [0.25, 0.3) is 10.9 Å². The minimum atomic E-state index is 0.102. The van der Waals surface area contributed by atoms with Gasteiger partial charge < -0.3 is 10.1 Å². The third kappa shape index (κ3) is 4.43. The van der Waals surface area contributed by atoms with Crippen molar-refractivity contribution in [1.82, 2.24) is 10.3 Å². The van der Waals surface area contributed by atoms with Crippen LogP contribution in [0.5, 0.6) is 5.75 Å². The third-order valence-corrected chi connectivity index (χ3v) is 3.43. The van der Waals surface area contributed by atoms with E-state index in [0.717, 1.165) is 35.3 Å². The van der Waals surface area contributed by atoms with Crippen molar-refractivity contribution < 1.29 is 4.74 Å². The predicted octanol–water partition coefficient (Wildman–Crippen LogP) is 4.09. The Kier molecular flexibility index (Phi) is 4.84. The van der Waals surface area contributed by atoms with Crippen LogP contribution < -0.4 is 10.1 Å². The Balaban J connectivity index is 2.19. The highest BCUT2D eigenvalue weighted by Gasteiger charge is 2.15. The topological polar surface area (TPSA) is 34.1 Å². The van der Waals surface area contributed by atoms with E-state index in [9.17, 15) is 0 Å². The largest absolute Gasteiger partial charge is 0.487 e. The van der Waals surface area contributed by atoms with Crippen LogP contribution in [0.1, 0.15) is 39.8 Å². The second-order valence-electron chi connectivity index (χ2n) is 6.56. The Morgan fingerprint density at radius 3 is 2.62 bits per heavy atom. The molecule has 1 aromatic carbocycles. The number of benzene rings is 1. The van der Waals surface area contributed by atoms with Gasteiger partial charge in [0.1, 0.15) is 17.4 Å². The molecule has 1 unspecified atom stereocenters. The van der Waals surface area contributed by atoms with Gasteiger partial charge in [0.15, 0.2) is 0 Å². The average molecular weight is 286 g/mol. The number of fused-ring (bicyclic) bond motifs is 1. The first kappa shape index (κ1) is 15.8. The van der Waals surface area contributed by atoms with Crippen LogP contribution in [0, 0.1) is 6.92 Å². The van der Waals surface area contributed by atoms with Crippen LogP contribution in [-0.4, -0.2) is 23.2 Å². The second kappa shape index (κ2) is 6.44. The number of hydrogen-bond donors (Lipinski definition) is 1. The summed E-state index contributed by atoms with van der Waals surface area (Å²) in [5.74, 6) is 0.874. The highest BCUT2D eigenvalue weighted by atomic mass is 16.5. The number of pyridine rings is 1. The van der Waals surface area contributed by atoms with Gasteiger partial charge in [-0.1, -0.05) is 25.1 Å². The summed E-state index contributed by atoms with van der Waals surface area (Å²) < 4.78 is 6.20. The zero-order valence-corrected chi connectivity index (χ0v) is 13.7. The molecule has 0 saturated heterocycles. The molecule has 2 rings (SSSR count). The predicted molar refractivity (Wildman–Crippen MR) is 88.9 cm³/mol. The number of rotatable bonds is 5. The van der Waals surface area contributed by atoms with Crippen molar-refractivity contribution in [2.75, 3.05) is 6.54 Å². The number of nitrogens with one attached hydrogen (secondary N) is 1. The zero-order valence-electron chi connectivity index (χ0n) is 13.7. The summed E-state index contributed by atoms with van der Waals surface area (Å²) in [5.41, 5.74) is 2.07. The van der Waals surface area contributed by atoms with Crippen molar-refractivity contribution in [3.05, 3.63) is 36.0 Å². The van der Waals surface area contributed by atoms with Crippen molar-refractivity contribution in [2.45, 2.75) is 52.7 Å². The normalized spacial score (nSPS) is 13.4. The Morgan fingerprint density at radius 1 is 1.19 bits per heavy atom. The zero-order chi connectivity index (χ0) is 15.5. The molecular weight excluding hydrogens is 260 g/mol. The van der Waals surface area contributed by atoms with Gasteiger partial charge in [-0.15, -0.1) is 0 Å². The molecule has 21 heavy (non-hydrogen) atoms. The van der Waals surface area contributed by atoms with Crippen molar-refractivity contribution in [2.24, 2.45) is 0 Å². The van der Waals surface area contributed by atoms with E-state index in [1.807, 2.05) is 25.1 Å². The minimum absolute atomic E-state index is 0.102. The Bertz CT molecular complexity index is 602. The van der Waals surface area contributed by atoms with E-state index in [0.29, 0.717) is 0 Å². The lowest BCUT2D eigenvalue weighted by atomic mass is 10.1. The molecule has 0 saturated carbocycles. The summed E-state index contributed by atoms with van der Waals surface area (Å²) in [6, 6.07) is 10.2. The number of ether oxygens (including phenoxy) is 1. The number of hydrogen-bond acceptors (Lipinski definition) is 3. The average Bonchev–Trinajstić information content (AvgIpc) is 2.42. The molecule has 0 fully saturated rings. The van der Waals surface area contributed by atoms with Gasteiger partial charge in [0.05, 0.1) is 0 Å². The first-order valence-electron chi connectivity index (χ1n) is 7.67. The highest BCUT2D eigenvalue weighted by Crippen LogP contribution is 2.25. The number of aryl methyl sites for hydroxylation is 1. The molecule has 0 bridgehead atoms. The summed E-state index contributed by atoms with van der Waals surface area (Å²) in [5, 5.41) is 4.63. The van der Waals surface area contributed by atoms with Gasteiger partial charge in [0.2, 0.25) is 0 Å². The molecule has 1 heterocycles. The van der Waals surface area contributed by atoms with Gasteiger partial charge in [0.25, 0.3) is 0 Å². The first-order valence-corrected chi connectivity index (χ1v) is 7.67. The van der Waals surface area contributed by atoms with Crippen molar-refractivity contribution in [3.8, 4) is 5.75 Å². The van der Waals surface area contributed by atoms with E-state index in [1.165, 1.54) is 0 Å². The van der Waals surface area contributed by atoms with E-state index in [4.69, 9.17) is 4.74 Å². The van der Waals surface area contributed by atoms with E-state index in [2.05, 4.69) is 50.1 Å². The minimum Gasteiger partial charge on any atom is -0.487 e. The van der Waals surface area contributed by atoms with Crippen LogP contribution in [0.15, 0.2) is 30.3 Å². The molecule has 0 spiro atoms. The summed E-state index contributed by atoms with van der Waals surface area (Å²) in [6.07, 6.45) is 1.11. The van der Waals surface area contributed by atoms with Gasteiger partial charge in [-0.05, 0) is 46.2 Å². The van der Waals surface area contributed by atoms with E-state index < -0.39 is 0 Å². The summed E-state index contributed by atoms with van der Waals surface area (Å²) in [6.45, 7) is 11.5. The molecule has 1 aromatic heterocycles. The fraction of sp³-hybridized carbons (Fsp3) is 0.500. The van der Waals surface area contributed by atoms with E-state index >= 15 is 0 Å². The van der Waals surface area contributed by atoms with Crippen LogP contribution in [-0.2, 0) is 0 Å². The molecule has 1 atom stereocenters. The summed E-state index contributed by atoms with van der Waals surface area (Å²) >= 11 is 0. The smallest absolute Gasteiger partial charge is 0.146 e. The standard InChI is InChI=1S/C18H26N2O/c1-6-15(12-19-18(3,4)5)21-16-9-7-8-14-11-10-13(2)20-17(14)16/h7-11,15,19H,6,12H2,1-5H3. The molecule has 1 N–H and O–H groups in total. The van der Waals surface area contributed by atoms with Gasteiger partial charge in [-0.25, -0.2) is 4.98 Å². The maximum Gasteiger partial charge on any atom is 0.146 e. The summed E-state index contributed by atoms with van der Waals surface area (Å²) in [4.78, 5) is 4.63. The second-order valence-corrected chi connectivity index (χ2v) is 6.56. The molecule has 0 aliphatic rings. The quantitative estimate of drug-likeness (QED) is 0.899. The Hall–Kier alpha value is -1.61. The molecule has 0 radical (unpaired) electrons. The van der Waals surface area contributed by atoms with Crippen molar-refractivity contribution in [3.63, 3.8) is 0 Å². The fourth-order valence-corrected chi connectivity index (χ4v) is 2.18. The molecule has 0 aliphatic heterocycles. The first-order chi connectivity index (χ1) is 9.89. The van der Waals surface area contributed by atoms with Crippen LogP contribution in [0.3, 0.4) is 0 Å². The van der Waals surface area contributed by atoms with Gasteiger partial charge >= 0.3 is 0 Å². The Morgan fingerprint density at radius 2 is 1.95 bits per heavy atom. The molecule has 0 aliphatic carbocycles. The van der Waals surface area contributed by atoms with Gasteiger partial charge in [-0.3, -0.25) is 0 Å². The maximum atomic E-state index is 6.20. The van der Waals surface area contributed by atoms with Crippen LogP contribution >= 0.6 is 0 Å². The van der Waals surface area contributed by atoms with Gasteiger partial charge in [0, 0.05) is 23.2 Å². The maximum absolute atomic E-state index is 6.20. The molecule has 3 nitrogen and oxygen atoms in total. The van der Waals surface area contributed by atoms with E-state index in [1.54, 1.807) is 0 Å². The van der Waals surface area contributed by atoms with Crippen molar-refractivity contribution >= 4 is 10.9 Å². The molecule has 114 valence electrons. The number of aromatic nitrogens is 1. The van der Waals surface area contributed by atoms with Gasteiger partial charge in [-0.2, -0.15) is 0 Å². The molecule has 3 heteroatoms. The fourth-order valence-electron chi connectivity index (χ4n) is 2.18. The van der Waals surface area contributed by atoms with E-state index in [-0.39, 0.29) is 11.6 Å². The molecule has 2 aromatic rings. The SMILES string of the molecule is CCC(CNC(C)(C)C)Oc1cccc2ccc(C)nc12. The van der Waals surface area contributed by atoms with Crippen LogP contribution in [0.4, 0.5) is 0 Å². The summed E-state index contributed by atoms with van der Waals surface area (Å²) in [7, 11) is 0. The third-order valence-electron chi connectivity index (χ3n) is 3.43. The molecule has 0 amide bonds. The lowest BCUT2D eigenvalue weighted by Gasteiger charge is -2.25. The van der Waals surface area contributed by atoms with Crippen LogP contribution in [0.2, 0.25) is 0 Å². The lowest BCUT2D eigenvalue weighted by Crippen LogP contribution is -2.42. The lowest BCUT2D eigenvalue weighted by molar-refractivity contribution is 0.183. The highest BCUT2D eigenvalue weighted by molar-refractivity contribution is 5.84. The number of para-hydroxylation sites is 1. The van der Waals surface area contributed by atoms with Crippen molar-refractivity contribution in [1.29, 1.82) is 0 Å².